The summed E-state index contributed by atoms with van der Waals surface area (Å²) in [5.74, 6) is -1.86. The maximum Gasteiger partial charge on any atom is 0.242 e. The van der Waals surface area contributed by atoms with Crippen LogP contribution in [-0.4, -0.2) is 47.2 Å². The number of carbonyl (C=O) groups is 3. The molecule has 116 valence electrons. The van der Waals surface area contributed by atoms with E-state index in [0.29, 0.717) is 10.9 Å². The molecule has 8 heteroatoms. The number of nitrogens with zero attached hydrogens (tertiary/aromatic N) is 2. The molecular formula is C14H14N3O4S-. The molecular weight excluding hydrogens is 306 g/mol. The summed E-state index contributed by atoms with van der Waals surface area (Å²) >= 11 is 1.24. The Labute approximate surface area is 131 Å². The van der Waals surface area contributed by atoms with E-state index in [0.717, 1.165) is 0 Å². The van der Waals surface area contributed by atoms with Crippen LogP contribution in [0.15, 0.2) is 29.3 Å². The third-order valence-corrected chi connectivity index (χ3v) is 4.40. The van der Waals surface area contributed by atoms with Crippen LogP contribution in [-0.2, 0) is 9.59 Å². The number of anilines is 1. The highest BCUT2D eigenvalue weighted by Gasteiger charge is 2.36. The lowest BCUT2D eigenvalue weighted by Gasteiger charge is -2.10. The fourth-order valence-electron chi connectivity index (χ4n) is 2.00. The molecule has 7 nitrogen and oxygen atoms in total. The first kappa shape index (κ1) is 16.0. The first-order valence-corrected chi connectivity index (χ1v) is 7.32. The molecule has 0 saturated carbocycles. The van der Waals surface area contributed by atoms with Gasteiger partial charge in [0.2, 0.25) is 11.8 Å². The number of amides is 2. The summed E-state index contributed by atoms with van der Waals surface area (Å²) in [6, 6.07) is 5.76. The lowest BCUT2D eigenvalue weighted by molar-refractivity contribution is -0.255. The molecule has 1 aromatic carbocycles. The van der Waals surface area contributed by atoms with E-state index in [-0.39, 0.29) is 23.8 Å². The summed E-state index contributed by atoms with van der Waals surface area (Å²) in [6.07, 6.45) is -0.0115. The number of hydrogen-bond donors (Lipinski definition) is 1. The minimum atomic E-state index is -1.32. The molecule has 0 aromatic heterocycles. The van der Waals surface area contributed by atoms with Gasteiger partial charge in [-0.05, 0) is 17.7 Å². The van der Waals surface area contributed by atoms with Gasteiger partial charge >= 0.3 is 0 Å². The van der Waals surface area contributed by atoms with Gasteiger partial charge in [-0.15, -0.1) is 0 Å². The Morgan fingerprint density at radius 2 is 2.18 bits per heavy atom. The lowest BCUT2D eigenvalue weighted by Crippen LogP contribution is -2.30. The number of aliphatic imine (C=N–C) groups is 1. The number of carboxylic acid groups (broad SMARTS) is 1. The maximum atomic E-state index is 12.0. The molecule has 1 aliphatic rings. The summed E-state index contributed by atoms with van der Waals surface area (Å²) in [5, 5.41) is 13.4. The van der Waals surface area contributed by atoms with Crippen molar-refractivity contribution in [3.63, 3.8) is 0 Å². The minimum Gasteiger partial charge on any atom is -0.545 e. The van der Waals surface area contributed by atoms with Gasteiger partial charge in [-0.2, -0.15) is 0 Å². The summed E-state index contributed by atoms with van der Waals surface area (Å²) in [5.41, 5.74) is 0.323. The lowest BCUT2D eigenvalue weighted by atomic mass is 10.2. The van der Waals surface area contributed by atoms with Crippen molar-refractivity contribution in [1.29, 1.82) is 0 Å². The van der Waals surface area contributed by atoms with Crippen LogP contribution in [0.5, 0.6) is 0 Å². The summed E-state index contributed by atoms with van der Waals surface area (Å²) in [4.78, 5) is 40.1. The molecule has 0 unspecified atom stereocenters. The molecule has 0 radical (unpaired) electrons. The molecule has 0 aliphatic carbocycles. The Hall–Kier alpha value is -2.35. The zero-order valence-corrected chi connectivity index (χ0v) is 12.8. The van der Waals surface area contributed by atoms with Gasteiger partial charge in [0.25, 0.3) is 0 Å². The van der Waals surface area contributed by atoms with Crippen molar-refractivity contribution in [1.82, 2.24) is 4.90 Å². The molecule has 1 heterocycles. The number of carboxylic acids is 1. The second kappa shape index (κ2) is 6.61. The van der Waals surface area contributed by atoms with Crippen molar-refractivity contribution < 1.29 is 19.5 Å². The van der Waals surface area contributed by atoms with Crippen LogP contribution >= 0.6 is 11.8 Å². The Bertz CT molecular complexity index is 659. The van der Waals surface area contributed by atoms with E-state index in [9.17, 15) is 19.5 Å². The van der Waals surface area contributed by atoms with Gasteiger partial charge in [0.05, 0.1) is 5.97 Å². The van der Waals surface area contributed by atoms with Crippen molar-refractivity contribution in [2.24, 2.45) is 4.99 Å². The Morgan fingerprint density at radius 1 is 1.45 bits per heavy atom. The van der Waals surface area contributed by atoms with Gasteiger partial charge in [0.1, 0.15) is 5.25 Å². The van der Waals surface area contributed by atoms with E-state index in [1.54, 1.807) is 20.2 Å². The van der Waals surface area contributed by atoms with Gasteiger partial charge in [-0.3, -0.25) is 19.5 Å². The second-order valence-electron chi connectivity index (χ2n) is 4.63. The van der Waals surface area contributed by atoms with Gasteiger partial charge in [0, 0.05) is 26.2 Å². The fraction of sp³-hybridized carbons (Fsp3) is 0.286. The summed E-state index contributed by atoms with van der Waals surface area (Å²) in [7, 11) is 3.19. The maximum absolute atomic E-state index is 12.0. The van der Waals surface area contributed by atoms with Crippen LogP contribution in [0.4, 0.5) is 5.69 Å². The van der Waals surface area contributed by atoms with Crippen LogP contribution < -0.4 is 10.4 Å². The van der Waals surface area contributed by atoms with Crippen LogP contribution in [0.1, 0.15) is 16.8 Å². The number of carbonyl (C=O) groups excluding carboxylic acids is 3. The molecule has 1 aliphatic heterocycles. The van der Waals surface area contributed by atoms with Gasteiger partial charge < -0.3 is 15.2 Å². The molecule has 22 heavy (non-hydrogen) atoms. The normalized spacial score (nSPS) is 19.5. The van der Waals surface area contributed by atoms with Gasteiger partial charge in [-0.25, -0.2) is 0 Å². The minimum absolute atomic E-state index is 0.0115. The smallest absolute Gasteiger partial charge is 0.242 e. The SMILES string of the molecule is CN=C1S[C@@H](CC(=O)Nc2cccc(C(=O)[O-])c2)C(=O)N1C. The molecule has 0 bridgehead atoms. The van der Waals surface area contributed by atoms with Crippen LogP contribution in [0.25, 0.3) is 0 Å². The predicted octanol–water partition coefficient (Wildman–Crippen LogP) is -0.0617. The van der Waals surface area contributed by atoms with E-state index < -0.39 is 11.2 Å². The van der Waals surface area contributed by atoms with E-state index >= 15 is 0 Å². The summed E-state index contributed by atoms with van der Waals surface area (Å²) < 4.78 is 0. The monoisotopic (exact) mass is 320 g/mol. The molecule has 2 amide bonds. The molecule has 1 aromatic rings. The van der Waals surface area contributed by atoms with E-state index in [1.807, 2.05) is 0 Å². The molecule has 1 saturated heterocycles. The Morgan fingerprint density at radius 3 is 2.77 bits per heavy atom. The molecule has 2 rings (SSSR count). The average molecular weight is 320 g/mol. The molecule has 1 fully saturated rings. The third-order valence-electron chi connectivity index (χ3n) is 3.08. The van der Waals surface area contributed by atoms with Gasteiger partial charge in [0.15, 0.2) is 5.17 Å². The Kier molecular flexibility index (Phi) is 4.81. The first-order valence-electron chi connectivity index (χ1n) is 6.44. The fourth-order valence-corrected chi connectivity index (χ4v) is 3.10. The van der Waals surface area contributed by atoms with Crippen molar-refractivity contribution in [3.05, 3.63) is 29.8 Å². The highest BCUT2D eigenvalue weighted by Crippen LogP contribution is 2.28. The van der Waals surface area contributed by atoms with Crippen molar-refractivity contribution in [2.45, 2.75) is 11.7 Å². The van der Waals surface area contributed by atoms with E-state index in [1.165, 1.54) is 34.9 Å². The quantitative estimate of drug-likeness (QED) is 0.837. The standard InChI is InChI=1S/C14H15N3O4S/c1-15-14-17(2)12(19)10(22-14)7-11(18)16-9-5-3-4-8(6-9)13(20)21/h3-6,10H,7H2,1-2H3,(H,16,18)(H,20,21)/p-1/t10-/m0/s1. The Balaban J connectivity index is 2.01. The van der Waals surface area contributed by atoms with Crippen LogP contribution in [0, 0.1) is 0 Å². The molecule has 1 atom stereocenters. The highest BCUT2D eigenvalue weighted by molar-refractivity contribution is 8.15. The highest BCUT2D eigenvalue weighted by atomic mass is 32.2. The number of thioether (sulfide) groups is 1. The zero-order chi connectivity index (χ0) is 16.3. The number of nitrogens with one attached hydrogen (secondary N) is 1. The average Bonchev–Trinajstić information content (AvgIpc) is 2.75. The number of hydrogen-bond acceptors (Lipinski definition) is 6. The van der Waals surface area contributed by atoms with Crippen LogP contribution in [0.3, 0.4) is 0 Å². The number of rotatable bonds is 4. The largest absolute Gasteiger partial charge is 0.545 e. The molecule has 1 N–H and O–H groups in total. The van der Waals surface area contributed by atoms with E-state index in [4.69, 9.17) is 0 Å². The first-order chi connectivity index (χ1) is 10.4. The van der Waals surface area contributed by atoms with Crippen molar-refractivity contribution in [3.8, 4) is 0 Å². The topological polar surface area (TPSA) is 102 Å². The zero-order valence-electron chi connectivity index (χ0n) is 12.0. The van der Waals surface area contributed by atoms with Gasteiger partial charge in [-0.1, -0.05) is 23.9 Å². The summed E-state index contributed by atoms with van der Waals surface area (Å²) in [6.45, 7) is 0. The van der Waals surface area contributed by atoms with E-state index in [2.05, 4.69) is 10.3 Å². The number of benzene rings is 1. The van der Waals surface area contributed by atoms with Crippen molar-refractivity contribution in [2.75, 3.05) is 19.4 Å². The molecule has 0 spiro atoms. The number of amidine groups is 1. The number of aromatic carboxylic acids is 1. The predicted molar refractivity (Wildman–Crippen MR) is 81.5 cm³/mol. The third kappa shape index (κ3) is 3.45. The van der Waals surface area contributed by atoms with Crippen LogP contribution in [0.2, 0.25) is 0 Å². The second-order valence-corrected chi connectivity index (χ2v) is 5.80. The van der Waals surface area contributed by atoms with Crippen molar-refractivity contribution >= 4 is 40.4 Å².